The molecule has 1 aliphatic heterocycles. The van der Waals surface area contributed by atoms with Gasteiger partial charge in [0.15, 0.2) is 0 Å². The van der Waals surface area contributed by atoms with Crippen molar-refractivity contribution in [3.63, 3.8) is 0 Å². The van der Waals surface area contributed by atoms with Crippen molar-refractivity contribution in [3.05, 3.63) is 29.8 Å². The number of piperidine rings is 1. The molecule has 10 heteroatoms. The smallest absolute Gasteiger partial charge is 0.406 e. The third-order valence-corrected chi connectivity index (χ3v) is 4.08. The molecule has 0 amide bonds. The highest BCUT2D eigenvalue weighted by molar-refractivity contribution is 5.35. The average molecular weight is 343 g/mol. The van der Waals surface area contributed by atoms with Crippen molar-refractivity contribution in [1.82, 2.24) is 20.2 Å². The molecule has 1 aliphatic rings. The van der Waals surface area contributed by atoms with Gasteiger partial charge in [-0.05, 0) is 41.0 Å². The largest absolute Gasteiger partial charge is 0.573 e. The fraction of sp³-hybridized carbons (Fsp3) is 0.500. The number of rotatable bonds is 3. The molecule has 2 heterocycles. The zero-order valence-electron chi connectivity index (χ0n) is 12.9. The van der Waals surface area contributed by atoms with Crippen LogP contribution in [0, 0.1) is 0 Å². The van der Waals surface area contributed by atoms with E-state index >= 15 is 0 Å². The summed E-state index contributed by atoms with van der Waals surface area (Å²) in [6.45, 7) is 0.962. The van der Waals surface area contributed by atoms with E-state index in [0.29, 0.717) is 37.4 Å². The first-order chi connectivity index (χ1) is 11.3. The monoisotopic (exact) mass is 343 g/mol. The molecular formula is C14H16F3N5O2. The Bertz CT molecular complexity index is 710. The molecule has 3 rings (SSSR count). The van der Waals surface area contributed by atoms with Crippen LogP contribution in [0.1, 0.15) is 18.4 Å². The standard InChI is InChI=1S/C14H16F3N5O2/c1-21-12(18-19-20-21)22-7-5-13(23,6-8-22)10-3-2-4-11(9-10)24-14(15,16)17/h2-4,9,23H,5-8H2,1H3. The first-order valence-electron chi connectivity index (χ1n) is 7.33. The van der Waals surface area contributed by atoms with Crippen molar-refractivity contribution < 1.29 is 23.0 Å². The van der Waals surface area contributed by atoms with E-state index in [0.717, 1.165) is 0 Å². The van der Waals surface area contributed by atoms with Crippen LogP contribution in [-0.4, -0.2) is 44.8 Å². The SMILES string of the molecule is Cn1nnnc1N1CCC(O)(c2cccc(OC(F)(F)F)c2)CC1. The van der Waals surface area contributed by atoms with Crippen LogP contribution in [-0.2, 0) is 12.6 Å². The topological polar surface area (TPSA) is 76.3 Å². The Kier molecular flexibility index (Phi) is 4.08. The normalized spacial score (nSPS) is 17.8. The molecule has 24 heavy (non-hydrogen) atoms. The van der Waals surface area contributed by atoms with Crippen molar-refractivity contribution >= 4 is 5.95 Å². The summed E-state index contributed by atoms with van der Waals surface area (Å²) in [5, 5.41) is 22.1. The lowest BCUT2D eigenvalue weighted by Crippen LogP contribution is -2.43. The van der Waals surface area contributed by atoms with Gasteiger partial charge in [0.25, 0.3) is 0 Å². The van der Waals surface area contributed by atoms with Crippen LogP contribution in [0.15, 0.2) is 24.3 Å². The van der Waals surface area contributed by atoms with Gasteiger partial charge in [0.2, 0.25) is 5.95 Å². The minimum absolute atomic E-state index is 0.339. The van der Waals surface area contributed by atoms with Gasteiger partial charge in [0, 0.05) is 20.1 Å². The maximum absolute atomic E-state index is 12.3. The zero-order chi connectivity index (χ0) is 17.4. The van der Waals surface area contributed by atoms with Crippen LogP contribution in [0.4, 0.5) is 19.1 Å². The van der Waals surface area contributed by atoms with Crippen LogP contribution >= 0.6 is 0 Å². The summed E-state index contributed by atoms with van der Waals surface area (Å²) in [6, 6.07) is 5.48. The van der Waals surface area contributed by atoms with Gasteiger partial charge in [0.1, 0.15) is 5.75 Å². The average Bonchev–Trinajstić information content (AvgIpc) is 2.93. The van der Waals surface area contributed by atoms with Crippen molar-refractivity contribution in [2.24, 2.45) is 7.05 Å². The second kappa shape index (κ2) is 5.93. The summed E-state index contributed by atoms with van der Waals surface area (Å²) in [6.07, 6.45) is -4.08. The minimum atomic E-state index is -4.76. The van der Waals surface area contributed by atoms with Crippen molar-refractivity contribution in [3.8, 4) is 5.75 Å². The maximum Gasteiger partial charge on any atom is 0.573 e. The van der Waals surface area contributed by atoms with E-state index in [1.807, 2.05) is 4.90 Å². The number of halogens is 3. The molecule has 0 radical (unpaired) electrons. The Balaban J connectivity index is 1.74. The molecule has 1 fully saturated rings. The number of ether oxygens (including phenoxy) is 1. The first kappa shape index (κ1) is 16.5. The molecule has 1 aromatic carbocycles. The Morgan fingerprint density at radius 1 is 1.25 bits per heavy atom. The van der Waals surface area contributed by atoms with E-state index in [4.69, 9.17) is 0 Å². The maximum atomic E-state index is 12.3. The van der Waals surface area contributed by atoms with Crippen LogP contribution in [0.2, 0.25) is 0 Å². The van der Waals surface area contributed by atoms with Crippen LogP contribution in [0.3, 0.4) is 0 Å². The minimum Gasteiger partial charge on any atom is -0.406 e. The van der Waals surface area contributed by atoms with Gasteiger partial charge in [-0.3, -0.25) is 0 Å². The number of nitrogens with zero attached hydrogens (tertiary/aromatic N) is 5. The van der Waals surface area contributed by atoms with Crippen LogP contribution in [0.5, 0.6) is 5.75 Å². The number of benzene rings is 1. The fourth-order valence-electron chi connectivity index (χ4n) is 2.84. The third-order valence-electron chi connectivity index (χ3n) is 4.08. The van der Waals surface area contributed by atoms with Crippen LogP contribution < -0.4 is 9.64 Å². The molecule has 1 saturated heterocycles. The molecule has 130 valence electrons. The quantitative estimate of drug-likeness (QED) is 0.912. The summed E-state index contributed by atoms with van der Waals surface area (Å²) in [5.74, 6) is 0.250. The molecule has 0 atom stereocenters. The van der Waals surface area contributed by atoms with Crippen molar-refractivity contribution in [2.75, 3.05) is 18.0 Å². The second-order valence-corrected chi connectivity index (χ2v) is 5.70. The number of hydrogen-bond acceptors (Lipinski definition) is 6. The highest BCUT2D eigenvalue weighted by Gasteiger charge is 2.36. The summed E-state index contributed by atoms with van der Waals surface area (Å²) in [5.41, 5.74) is -0.812. The lowest BCUT2D eigenvalue weighted by Gasteiger charge is -2.38. The highest BCUT2D eigenvalue weighted by Crippen LogP contribution is 2.36. The van der Waals surface area contributed by atoms with Crippen molar-refractivity contribution in [2.45, 2.75) is 24.8 Å². The molecule has 7 nitrogen and oxygen atoms in total. The molecule has 0 spiro atoms. The Morgan fingerprint density at radius 3 is 2.54 bits per heavy atom. The van der Waals surface area contributed by atoms with E-state index in [9.17, 15) is 18.3 Å². The number of aromatic nitrogens is 4. The number of aliphatic hydroxyl groups is 1. The van der Waals surface area contributed by atoms with Gasteiger partial charge in [-0.2, -0.15) is 0 Å². The molecule has 1 aromatic heterocycles. The third kappa shape index (κ3) is 3.42. The molecular weight excluding hydrogens is 327 g/mol. The highest BCUT2D eigenvalue weighted by atomic mass is 19.4. The molecule has 0 aliphatic carbocycles. The molecule has 2 aromatic rings. The molecule has 0 bridgehead atoms. The second-order valence-electron chi connectivity index (χ2n) is 5.70. The number of hydrogen-bond donors (Lipinski definition) is 1. The first-order valence-corrected chi connectivity index (χ1v) is 7.33. The lowest BCUT2D eigenvalue weighted by atomic mass is 9.84. The molecule has 1 N–H and O–H groups in total. The van der Waals surface area contributed by atoms with Gasteiger partial charge in [-0.25, -0.2) is 4.68 Å². The lowest BCUT2D eigenvalue weighted by molar-refractivity contribution is -0.274. The van der Waals surface area contributed by atoms with Crippen LogP contribution in [0.25, 0.3) is 0 Å². The number of alkyl halides is 3. The van der Waals surface area contributed by atoms with Gasteiger partial charge < -0.3 is 14.7 Å². The van der Waals surface area contributed by atoms with E-state index in [2.05, 4.69) is 20.3 Å². The van der Waals surface area contributed by atoms with E-state index in [1.165, 1.54) is 22.9 Å². The predicted octanol–water partition coefficient (Wildman–Crippen LogP) is 1.60. The summed E-state index contributed by atoms with van der Waals surface area (Å²) in [7, 11) is 1.72. The molecule has 0 unspecified atom stereocenters. The Hall–Kier alpha value is -2.36. The van der Waals surface area contributed by atoms with Crippen molar-refractivity contribution in [1.29, 1.82) is 0 Å². The fourth-order valence-corrected chi connectivity index (χ4v) is 2.84. The van der Waals surface area contributed by atoms with Gasteiger partial charge in [-0.1, -0.05) is 17.2 Å². The summed E-state index contributed by atoms with van der Waals surface area (Å²) >= 11 is 0. The summed E-state index contributed by atoms with van der Waals surface area (Å²) in [4.78, 5) is 1.92. The van der Waals surface area contributed by atoms with Gasteiger partial charge >= 0.3 is 6.36 Å². The number of anilines is 1. The van der Waals surface area contributed by atoms with E-state index in [-0.39, 0.29) is 5.75 Å². The Morgan fingerprint density at radius 2 is 1.96 bits per heavy atom. The van der Waals surface area contributed by atoms with E-state index < -0.39 is 12.0 Å². The number of tetrazole rings is 1. The Labute approximate surface area is 135 Å². The molecule has 0 saturated carbocycles. The van der Waals surface area contributed by atoms with Gasteiger partial charge in [-0.15, -0.1) is 13.2 Å². The zero-order valence-corrected chi connectivity index (χ0v) is 12.9. The van der Waals surface area contributed by atoms with Gasteiger partial charge in [0.05, 0.1) is 5.60 Å². The summed E-state index contributed by atoms with van der Waals surface area (Å²) < 4.78 is 42.5. The predicted molar refractivity (Wildman–Crippen MR) is 77.3 cm³/mol. The number of aryl methyl sites for hydroxylation is 1. The van der Waals surface area contributed by atoms with E-state index in [1.54, 1.807) is 13.1 Å².